The third kappa shape index (κ3) is 3.70. The van der Waals surface area contributed by atoms with Gasteiger partial charge in [-0.3, -0.25) is 14.5 Å². The highest BCUT2D eigenvalue weighted by Crippen LogP contribution is 2.35. The lowest BCUT2D eigenvalue weighted by molar-refractivity contribution is -0.195. The first-order valence-corrected chi connectivity index (χ1v) is 8.42. The van der Waals surface area contributed by atoms with Gasteiger partial charge in [-0.25, -0.2) is 4.98 Å². The number of benzene rings is 1. The molecule has 2 aromatic rings. The smallest absolute Gasteiger partial charge is 0.403 e. The van der Waals surface area contributed by atoms with Gasteiger partial charge in [0.05, 0.1) is 7.11 Å². The molecule has 0 aliphatic carbocycles. The Morgan fingerprint density at radius 1 is 1.25 bits per heavy atom. The van der Waals surface area contributed by atoms with Crippen molar-refractivity contribution < 1.29 is 32.6 Å². The number of ether oxygens (including phenoxy) is 1. The van der Waals surface area contributed by atoms with E-state index in [1.54, 1.807) is 12.1 Å². The number of hydrogen-bond donors (Lipinski definition) is 1. The molecule has 1 aliphatic heterocycles. The van der Waals surface area contributed by atoms with E-state index < -0.39 is 29.9 Å². The van der Waals surface area contributed by atoms with Gasteiger partial charge in [-0.05, 0) is 30.2 Å². The van der Waals surface area contributed by atoms with E-state index in [9.17, 15) is 27.9 Å². The zero-order chi connectivity index (χ0) is 20.5. The highest BCUT2D eigenvalue weighted by molar-refractivity contribution is 6.05. The van der Waals surface area contributed by atoms with Gasteiger partial charge in [-0.1, -0.05) is 18.2 Å². The predicted molar refractivity (Wildman–Crippen MR) is 93.2 cm³/mol. The fourth-order valence-corrected chi connectivity index (χ4v) is 3.14. The van der Waals surface area contributed by atoms with Crippen LogP contribution in [0.5, 0.6) is 5.75 Å². The van der Waals surface area contributed by atoms with Crippen LogP contribution in [0.2, 0.25) is 0 Å². The number of halogens is 3. The molecule has 1 amide bonds. The Hall–Kier alpha value is -2.94. The van der Waals surface area contributed by atoms with Crippen LogP contribution >= 0.6 is 0 Å². The molecular weight excluding hydrogens is 377 g/mol. The lowest BCUT2D eigenvalue weighted by atomic mass is 9.93. The maximum Gasteiger partial charge on any atom is 0.403 e. The number of aromatic nitrogens is 1. The van der Waals surface area contributed by atoms with E-state index in [-0.39, 0.29) is 23.7 Å². The van der Waals surface area contributed by atoms with Gasteiger partial charge in [0.2, 0.25) is 5.91 Å². The van der Waals surface area contributed by atoms with Gasteiger partial charge in [0, 0.05) is 18.3 Å². The van der Waals surface area contributed by atoms with Crippen LogP contribution in [0.1, 0.15) is 15.9 Å². The summed E-state index contributed by atoms with van der Waals surface area (Å²) in [7, 11) is 1.33. The molecule has 1 aliphatic rings. The van der Waals surface area contributed by atoms with Gasteiger partial charge < -0.3 is 9.84 Å². The summed E-state index contributed by atoms with van der Waals surface area (Å²) in [6, 6.07) is 8.65. The first-order chi connectivity index (χ1) is 13.2. The Kier molecular flexibility index (Phi) is 5.37. The zero-order valence-electron chi connectivity index (χ0n) is 14.8. The van der Waals surface area contributed by atoms with Crippen molar-refractivity contribution in [3.8, 4) is 5.75 Å². The maximum absolute atomic E-state index is 13.7. The van der Waals surface area contributed by atoms with Crippen molar-refractivity contribution in [1.82, 2.24) is 4.98 Å². The summed E-state index contributed by atoms with van der Waals surface area (Å²) in [6.07, 6.45) is -6.00. The minimum atomic E-state index is -5.12. The molecule has 6 nitrogen and oxygen atoms in total. The zero-order valence-corrected chi connectivity index (χ0v) is 14.8. The first-order valence-electron chi connectivity index (χ1n) is 8.42. The van der Waals surface area contributed by atoms with E-state index in [0.29, 0.717) is 12.0 Å². The number of fused-ring (bicyclic) bond motifs is 1. The van der Waals surface area contributed by atoms with Crippen LogP contribution in [-0.4, -0.2) is 47.7 Å². The van der Waals surface area contributed by atoms with Crippen LogP contribution < -0.4 is 9.64 Å². The van der Waals surface area contributed by atoms with Crippen molar-refractivity contribution in [2.45, 2.75) is 18.7 Å². The molecule has 2 heterocycles. The molecule has 148 valence electrons. The number of methoxy groups -OCH3 is 1. The maximum atomic E-state index is 13.7. The molecule has 0 bridgehead atoms. The summed E-state index contributed by atoms with van der Waals surface area (Å²) in [5.41, 5.74) is 0.444. The van der Waals surface area contributed by atoms with Crippen LogP contribution in [0.4, 0.5) is 19.0 Å². The van der Waals surface area contributed by atoms with Crippen LogP contribution in [0, 0.1) is 5.92 Å². The van der Waals surface area contributed by atoms with Gasteiger partial charge in [0.1, 0.15) is 17.7 Å². The van der Waals surface area contributed by atoms with Gasteiger partial charge in [-0.2, -0.15) is 13.2 Å². The quantitative estimate of drug-likeness (QED) is 0.788. The Morgan fingerprint density at radius 3 is 2.68 bits per heavy atom. The first kappa shape index (κ1) is 19.8. The molecule has 0 fully saturated rings. The Labute approximate surface area is 158 Å². The van der Waals surface area contributed by atoms with Crippen molar-refractivity contribution in [2.75, 3.05) is 18.6 Å². The highest BCUT2D eigenvalue weighted by atomic mass is 19.4. The fourth-order valence-electron chi connectivity index (χ4n) is 3.14. The number of amides is 1. The van der Waals surface area contributed by atoms with E-state index >= 15 is 0 Å². The lowest BCUT2D eigenvalue weighted by Gasteiger charge is -2.28. The molecule has 1 aromatic carbocycles. The van der Waals surface area contributed by atoms with E-state index in [1.165, 1.54) is 37.6 Å². The number of hydrogen-bond acceptors (Lipinski definition) is 5. The third-order valence-electron chi connectivity index (χ3n) is 4.55. The molecule has 9 heteroatoms. The molecule has 0 saturated heterocycles. The van der Waals surface area contributed by atoms with E-state index in [2.05, 4.69) is 4.98 Å². The SMILES string of the molecule is COc1cccc(C(=O)[C@H](O)[C@@H](C(=O)N2CCc3cccnc32)C(F)(F)F)c1. The Morgan fingerprint density at radius 2 is 2.00 bits per heavy atom. The minimum Gasteiger partial charge on any atom is -0.497 e. The molecule has 0 spiro atoms. The molecule has 0 saturated carbocycles. The standard InChI is InChI=1S/C19H17F3N2O4/c1-28-13-6-2-4-12(10-13)15(25)16(26)14(19(20,21)22)18(27)24-9-7-11-5-3-8-23-17(11)24/h2-6,8,10,14,16,26H,7,9H2,1H3/t14-,16+/m0/s1. The summed E-state index contributed by atoms with van der Waals surface area (Å²) < 4.78 is 45.9. The number of ketones is 1. The third-order valence-corrected chi connectivity index (χ3v) is 4.55. The molecule has 0 unspecified atom stereocenters. The number of aliphatic hydroxyl groups is 1. The summed E-state index contributed by atoms with van der Waals surface area (Å²) >= 11 is 0. The molecule has 1 N–H and O–H groups in total. The molecule has 1 aromatic heterocycles. The average molecular weight is 394 g/mol. The van der Waals surface area contributed by atoms with Gasteiger partial charge in [0.15, 0.2) is 11.7 Å². The number of pyridine rings is 1. The number of nitrogens with zero attached hydrogens (tertiary/aromatic N) is 2. The Balaban J connectivity index is 1.92. The largest absolute Gasteiger partial charge is 0.497 e. The van der Waals surface area contributed by atoms with Gasteiger partial charge >= 0.3 is 6.18 Å². The normalized spacial score (nSPS) is 15.7. The number of Topliss-reactive ketones (excluding diaryl/α,β-unsaturated/α-hetero) is 1. The second-order valence-corrected chi connectivity index (χ2v) is 6.29. The van der Waals surface area contributed by atoms with E-state index in [0.717, 1.165) is 4.90 Å². The van der Waals surface area contributed by atoms with Crippen molar-refractivity contribution in [2.24, 2.45) is 5.92 Å². The van der Waals surface area contributed by atoms with Gasteiger partial charge in [0.25, 0.3) is 0 Å². The highest BCUT2D eigenvalue weighted by Gasteiger charge is 2.54. The van der Waals surface area contributed by atoms with Gasteiger partial charge in [-0.15, -0.1) is 0 Å². The predicted octanol–water partition coefficient (Wildman–Crippen LogP) is 2.40. The summed E-state index contributed by atoms with van der Waals surface area (Å²) in [4.78, 5) is 30.0. The van der Waals surface area contributed by atoms with Crippen molar-refractivity contribution in [3.05, 3.63) is 53.7 Å². The van der Waals surface area contributed by atoms with Crippen molar-refractivity contribution in [1.29, 1.82) is 0 Å². The van der Waals surface area contributed by atoms with Crippen LogP contribution in [-0.2, 0) is 11.2 Å². The number of carbonyl (C=O) groups excluding carboxylic acids is 2. The Bertz CT molecular complexity index is 901. The molecular formula is C19H17F3N2O4. The summed E-state index contributed by atoms with van der Waals surface area (Å²) in [6.45, 7) is -0.00215. The molecule has 3 rings (SSSR count). The number of anilines is 1. The summed E-state index contributed by atoms with van der Waals surface area (Å²) in [5.74, 6) is -5.17. The number of alkyl halides is 3. The second-order valence-electron chi connectivity index (χ2n) is 6.29. The lowest BCUT2D eigenvalue weighted by Crippen LogP contribution is -2.50. The minimum absolute atomic E-state index is 0.00215. The molecule has 28 heavy (non-hydrogen) atoms. The summed E-state index contributed by atoms with van der Waals surface area (Å²) in [5, 5.41) is 10.2. The fraction of sp³-hybridized carbons (Fsp3) is 0.316. The van der Waals surface area contributed by atoms with Crippen LogP contribution in [0.15, 0.2) is 42.6 Å². The monoisotopic (exact) mass is 394 g/mol. The van der Waals surface area contributed by atoms with Crippen LogP contribution in [0.25, 0.3) is 0 Å². The number of rotatable bonds is 5. The second kappa shape index (κ2) is 7.59. The average Bonchev–Trinajstić information content (AvgIpc) is 3.10. The van der Waals surface area contributed by atoms with E-state index in [1.807, 2.05) is 0 Å². The number of aliphatic hydroxyl groups excluding tert-OH is 1. The van der Waals surface area contributed by atoms with Crippen molar-refractivity contribution >= 4 is 17.5 Å². The van der Waals surface area contributed by atoms with E-state index in [4.69, 9.17) is 4.74 Å². The van der Waals surface area contributed by atoms with Crippen molar-refractivity contribution in [3.63, 3.8) is 0 Å². The topological polar surface area (TPSA) is 79.7 Å². The van der Waals surface area contributed by atoms with Crippen LogP contribution in [0.3, 0.4) is 0 Å². The molecule has 2 atom stereocenters. The molecule has 0 radical (unpaired) electrons. The number of carbonyl (C=O) groups is 2.